The number of amides is 1. The molecule has 7 heteroatoms. The second-order valence-electron chi connectivity index (χ2n) is 7.10. The first-order chi connectivity index (χ1) is 14.3. The summed E-state index contributed by atoms with van der Waals surface area (Å²) < 4.78 is 0. The third-order valence-corrected chi connectivity index (χ3v) is 6.00. The number of fused-ring (bicyclic) bond motifs is 1. The highest BCUT2D eigenvalue weighted by atomic mass is 35.5. The van der Waals surface area contributed by atoms with Crippen molar-refractivity contribution in [2.75, 3.05) is 4.90 Å². The Morgan fingerprint density at radius 1 is 0.900 bits per heavy atom. The molecule has 1 N–H and O–H groups in total. The fraction of sp³-hybridized carbons (Fsp3) is 0.130. The van der Waals surface area contributed by atoms with E-state index >= 15 is 0 Å². The molecule has 4 rings (SSSR count). The number of rotatable bonds is 5. The minimum Gasteiger partial charge on any atom is -0.375 e. The summed E-state index contributed by atoms with van der Waals surface area (Å²) in [6.07, 6.45) is -0.466. The van der Waals surface area contributed by atoms with E-state index in [1.54, 1.807) is 30.3 Å². The molecule has 1 heterocycles. The van der Waals surface area contributed by atoms with Gasteiger partial charge in [-0.25, -0.2) is 0 Å². The lowest BCUT2D eigenvalue weighted by molar-refractivity contribution is -0.136. The first-order valence-electron chi connectivity index (χ1n) is 9.17. The number of carbonyl (C=O) groups is 2. The van der Waals surface area contributed by atoms with Gasteiger partial charge in [0.05, 0.1) is 23.7 Å². The lowest BCUT2D eigenvalue weighted by atomic mass is 9.88. The van der Waals surface area contributed by atoms with Crippen molar-refractivity contribution in [3.63, 3.8) is 0 Å². The molecule has 1 aliphatic rings. The molecule has 1 atom stereocenters. The Kier molecular flexibility index (Phi) is 5.60. The Morgan fingerprint density at radius 3 is 2.20 bits per heavy atom. The Hall–Kier alpha value is -2.37. The van der Waals surface area contributed by atoms with Crippen molar-refractivity contribution in [3.8, 4) is 0 Å². The molecule has 0 aromatic heterocycles. The van der Waals surface area contributed by atoms with E-state index in [1.807, 2.05) is 30.3 Å². The number of hydrogen-bond donors (Lipinski definition) is 1. The average Bonchev–Trinajstić information content (AvgIpc) is 2.95. The smallest absolute Gasteiger partial charge is 0.264 e. The molecule has 1 unspecified atom stereocenters. The van der Waals surface area contributed by atoms with Gasteiger partial charge in [0.1, 0.15) is 0 Å². The average molecular weight is 461 g/mol. The maximum atomic E-state index is 13.4. The quantitative estimate of drug-likeness (QED) is 0.500. The highest BCUT2D eigenvalue weighted by Gasteiger charge is 2.53. The van der Waals surface area contributed by atoms with Gasteiger partial charge in [0, 0.05) is 21.2 Å². The number of Topliss-reactive ketones (excluding diaryl/α,β-unsaturated/α-hetero) is 1. The van der Waals surface area contributed by atoms with Crippen molar-refractivity contribution in [3.05, 3.63) is 98.5 Å². The molecule has 1 aliphatic heterocycles. The summed E-state index contributed by atoms with van der Waals surface area (Å²) in [6, 6.07) is 18.6. The lowest BCUT2D eigenvalue weighted by Gasteiger charge is -2.23. The van der Waals surface area contributed by atoms with Gasteiger partial charge in [-0.3, -0.25) is 9.59 Å². The van der Waals surface area contributed by atoms with Crippen LogP contribution in [0.1, 0.15) is 27.9 Å². The molecule has 0 saturated carbocycles. The van der Waals surface area contributed by atoms with Crippen molar-refractivity contribution < 1.29 is 14.7 Å². The molecular weight excluding hydrogens is 445 g/mol. The normalized spacial score (nSPS) is 17.9. The van der Waals surface area contributed by atoms with Gasteiger partial charge in [-0.05, 0) is 42.0 Å². The fourth-order valence-corrected chi connectivity index (χ4v) is 4.38. The predicted molar refractivity (Wildman–Crippen MR) is 118 cm³/mol. The van der Waals surface area contributed by atoms with E-state index in [4.69, 9.17) is 34.8 Å². The van der Waals surface area contributed by atoms with Crippen LogP contribution in [0.5, 0.6) is 0 Å². The minimum absolute atomic E-state index is 0.153. The number of ketones is 1. The maximum Gasteiger partial charge on any atom is 0.264 e. The number of carbonyl (C=O) groups excluding carboxylic acids is 2. The van der Waals surface area contributed by atoms with Crippen molar-refractivity contribution >= 4 is 52.2 Å². The maximum absolute atomic E-state index is 13.4. The van der Waals surface area contributed by atoms with E-state index in [2.05, 4.69) is 0 Å². The number of halogens is 3. The van der Waals surface area contributed by atoms with Crippen LogP contribution in [0.3, 0.4) is 0 Å². The summed E-state index contributed by atoms with van der Waals surface area (Å²) in [6.45, 7) is 0.185. The lowest BCUT2D eigenvalue weighted by Crippen LogP contribution is -2.41. The van der Waals surface area contributed by atoms with Crippen LogP contribution in [-0.4, -0.2) is 16.8 Å². The zero-order valence-corrected chi connectivity index (χ0v) is 17.9. The SMILES string of the molecule is O=C(CC1(O)C(=O)N(Cc2ccccc2)c2c(Cl)ccc(Cl)c21)c1ccc(Cl)cc1. The number of nitrogens with zero attached hydrogens (tertiary/aromatic N) is 1. The summed E-state index contributed by atoms with van der Waals surface area (Å²) in [4.78, 5) is 27.7. The van der Waals surface area contributed by atoms with E-state index in [9.17, 15) is 14.7 Å². The van der Waals surface area contributed by atoms with Crippen LogP contribution < -0.4 is 4.90 Å². The Labute approximate surface area is 188 Å². The van der Waals surface area contributed by atoms with Crippen LogP contribution in [0.25, 0.3) is 0 Å². The Morgan fingerprint density at radius 2 is 1.53 bits per heavy atom. The molecule has 0 spiro atoms. The number of aliphatic hydroxyl groups is 1. The first kappa shape index (κ1) is 20.9. The standard InChI is InChI=1S/C23H16Cl3NO3/c24-16-8-6-15(7-9-16)19(28)12-23(30)20-17(25)10-11-18(26)21(20)27(22(23)29)13-14-4-2-1-3-5-14/h1-11,30H,12-13H2. The van der Waals surface area contributed by atoms with E-state index in [-0.39, 0.29) is 22.2 Å². The van der Waals surface area contributed by atoms with E-state index in [0.29, 0.717) is 16.3 Å². The fourth-order valence-electron chi connectivity index (χ4n) is 3.68. The summed E-state index contributed by atoms with van der Waals surface area (Å²) in [5.74, 6) is -1.05. The zero-order valence-electron chi connectivity index (χ0n) is 15.6. The van der Waals surface area contributed by atoms with Gasteiger partial charge in [0.25, 0.3) is 5.91 Å². The van der Waals surface area contributed by atoms with Crippen LogP contribution in [0, 0.1) is 0 Å². The van der Waals surface area contributed by atoms with Crippen LogP contribution >= 0.6 is 34.8 Å². The molecule has 0 radical (unpaired) electrons. The third kappa shape index (κ3) is 3.61. The summed E-state index contributed by atoms with van der Waals surface area (Å²) in [5.41, 5.74) is -0.463. The topological polar surface area (TPSA) is 57.6 Å². The van der Waals surface area contributed by atoms with E-state index in [0.717, 1.165) is 5.56 Å². The van der Waals surface area contributed by atoms with Crippen molar-refractivity contribution in [1.82, 2.24) is 0 Å². The van der Waals surface area contributed by atoms with Crippen molar-refractivity contribution in [1.29, 1.82) is 0 Å². The van der Waals surface area contributed by atoms with Crippen LogP contribution in [0.2, 0.25) is 15.1 Å². The molecule has 0 aliphatic carbocycles. The van der Waals surface area contributed by atoms with Gasteiger partial charge < -0.3 is 10.0 Å². The van der Waals surface area contributed by atoms with Gasteiger partial charge in [-0.1, -0.05) is 65.1 Å². The number of benzene rings is 3. The van der Waals surface area contributed by atoms with Crippen LogP contribution in [0.4, 0.5) is 5.69 Å². The molecule has 0 saturated heterocycles. The van der Waals surface area contributed by atoms with Crippen LogP contribution in [-0.2, 0) is 16.9 Å². The zero-order chi connectivity index (χ0) is 21.5. The predicted octanol–water partition coefficient (Wildman–Crippen LogP) is 5.65. The highest BCUT2D eigenvalue weighted by Crippen LogP contribution is 2.50. The minimum atomic E-state index is -2.12. The summed E-state index contributed by atoms with van der Waals surface area (Å²) in [5, 5.41) is 12.4. The van der Waals surface area contributed by atoms with Gasteiger partial charge in [0.15, 0.2) is 11.4 Å². The summed E-state index contributed by atoms with van der Waals surface area (Å²) >= 11 is 18.7. The Balaban J connectivity index is 1.77. The molecule has 3 aromatic carbocycles. The highest BCUT2D eigenvalue weighted by molar-refractivity contribution is 6.38. The molecule has 4 nitrogen and oxygen atoms in total. The van der Waals surface area contributed by atoms with E-state index in [1.165, 1.54) is 11.0 Å². The first-order valence-corrected chi connectivity index (χ1v) is 10.3. The largest absolute Gasteiger partial charge is 0.375 e. The number of anilines is 1. The molecular formula is C23H16Cl3NO3. The van der Waals surface area contributed by atoms with Crippen molar-refractivity contribution in [2.24, 2.45) is 0 Å². The Bertz CT molecular complexity index is 1130. The molecule has 1 amide bonds. The molecule has 152 valence electrons. The third-order valence-electron chi connectivity index (χ3n) is 5.13. The van der Waals surface area contributed by atoms with Gasteiger partial charge in [-0.15, -0.1) is 0 Å². The summed E-state index contributed by atoms with van der Waals surface area (Å²) in [7, 11) is 0. The monoisotopic (exact) mass is 459 g/mol. The molecule has 3 aromatic rings. The van der Waals surface area contributed by atoms with Gasteiger partial charge >= 0.3 is 0 Å². The molecule has 0 fully saturated rings. The second-order valence-corrected chi connectivity index (χ2v) is 8.35. The van der Waals surface area contributed by atoms with Crippen molar-refractivity contribution in [2.45, 2.75) is 18.6 Å². The van der Waals surface area contributed by atoms with Gasteiger partial charge in [0.2, 0.25) is 0 Å². The van der Waals surface area contributed by atoms with E-state index < -0.39 is 23.7 Å². The molecule has 30 heavy (non-hydrogen) atoms. The number of hydrogen-bond acceptors (Lipinski definition) is 3. The second kappa shape index (κ2) is 8.05. The van der Waals surface area contributed by atoms with Crippen LogP contribution in [0.15, 0.2) is 66.7 Å². The van der Waals surface area contributed by atoms with Gasteiger partial charge in [-0.2, -0.15) is 0 Å². The molecule has 0 bridgehead atoms.